The first-order valence-corrected chi connectivity index (χ1v) is 5.21. The van der Waals surface area contributed by atoms with Gasteiger partial charge in [-0.15, -0.1) is 0 Å². The van der Waals surface area contributed by atoms with Gasteiger partial charge in [0.05, 0.1) is 11.0 Å². The van der Waals surface area contributed by atoms with Crippen molar-refractivity contribution < 1.29 is 4.79 Å². The summed E-state index contributed by atoms with van der Waals surface area (Å²) in [6, 6.07) is 7.51. The molecule has 0 bridgehead atoms. The van der Waals surface area contributed by atoms with E-state index in [9.17, 15) is 4.79 Å². The van der Waals surface area contributed by atoms with Gasteiger partial charge in [-0.2, -0.15) is 0 Å². The highest BCUT2D eigenvalue weighted by atomic mass is 16.2. The van der Waals surface area contributed by atoms with Crippen molar-refractivity contribution in [2.24, 2.45) is 7.05 Å². The van der Waals surface area contributed by atoms with E-state index in [1.54, 1.807) is 24.0 Å². The van der Waals surface area contributed by atoms with Crippen molar-refractivity contribution in [3.63, 3.8) is 0 Å². The SMILES string of the molecule is Cn1ccnc1C(=O)n1cnc2ccccc21. The van der Waals surface area contributed by atoms with E-state index in [1.807, 2.05) is 24.3 Å². The minimum Gasteiger partial charge on any atom is -0.330 e. The van der Waals surface area contributed by atoms with Crippen LogP contribution in [-0.2, 0) is 7.05 Å². The van der Waals surface area contributed by atoms with Crippen molar-refractivity contribution in [3.8, 4) is 0 Å². The van der Waals surface area contributed by atoms with Crippen LogP contribution < -0.4 is 0 Å². The van der Waals surface area contributed by atoms with Crippen molar-refractivity contribution in [2.75, 3.05) is 0 Å². The van der Waals surface area contributed by atoms with Gasteiger partial charge in [0.2, 0.25) is 0 Å². The number of hydrogen-bond acceptors (Lipinski definition) is 3. The van der Waals surface area contributed by atoms with Crippen LogP contribution in [0.1, 0.15) is 10.6 Å². The number of fused-ring (bicyclic) bond motifs is 1. The van der Waals surface area contributed by atoms with Crippen LogP contribution >= 0.6 is 0 Å². The fourth-order valence-corrected chi connectivity index (χ4v) is 1.80. The molecule has 5 nitrogen and oxygen atoms in total. The van der Waals surface area contributed by atoms with Gasteiger partial charge in [0.1, 0.15) is 6.33 Å². The van der Waals surface area contributed by atoms with Crippen LogP contribution in [-0.4, -0.2) is 25.0 Å². The van der Waals surface area contributed by atoms with E-state index >= 15 is 0 Å². The molecule has 3 aromatic rings. The molecule has 0 aliphatic rings. The molecule has 1 aromatic carbocycles. The van der Waals surface area contributed by atoms with Crippen LogP contribution in [0.5, 0.6) is 0 Å². The van der Waals surface area contributed by atoms with Crippen molar-refractivity contribution in [1.82, 2.24) is 19.1 Å². The van der Waals surface area contributed by atoms with Crippen molar-refractivity contribution >= 4 is 16.9 Å². The highest BCUT2D eigenvalue weighted by molar-refractivity contribution is 5.98. The Labute approximate surface area is 97.3 Å². The van der Waals surface area contributed by atoms with Gasteiger partial charge in [0, 0.05) is 19.4 Å². The molecular weight excluding hydrogens is 216 g/mol. The Kier molecular flexibility index (Phi) is 2.04. The normalized spacial score (nSPS) is 10.9. The Morgan fingerprint density at radius 3 is 2.82 bits per heavy atom. The summed E-state index contributed by atoms with van der Waals surface area (Å²) < 4.78 is 3.20. The lowest BCUT2D eigenvalue weighted by Gasteiger charge is -2.02. The van der Waals surface area contributed by atoms with Crippen LogP contribution in [0.4, 0.5) is 0 Å². The maximum atomic E-state index is 12.2. The molecule has 0 saturated carbocycles. The Bertz CT molecular complexity index is 695. The molecule has 3 rings (SSSR count). The molecule has 0 unspecified atom stereocenters. The topological polar surface area (TPSA) is 52.7 Å². The van der Waals surface area contributed by atoms with Crippen LogP contribution in [0.15, 0.2) is 43.0 Å². The van der Waals surface area contributed by atoms with Crippen molar-refractivity contribution in [1.29, 1.82) is 0 Å². The number of benzene rings is 1. The molecule has 0 N–H and O–H groups in total. The number of carbonyl (C=O) groups excluding carboxylic acids is 1. The third-order valence-corrected chi connectivity index (χ3v) is 2.68. The lowest BCUT2D eigenvalue weighted by molar-refractivity contribution is 0.0951. The van der Waals surface area contributed by atoms with Gasteiger partial charge in [-0.3, -0.25) is 9.36 Å². The first-order valence-electron chi connectivity index (χ1n) is 5.21. The van der Waals surface area contributed by atoms with Crippen LogP contribution in [0.2, 0.25) is 0 Å². The fraction of sp³-hybridized carbons (Fsp3) is 0.0833. The zero-order chi connectivity index (χ0) is 11.8. The van der Waals surface area contributed by atoms with E-state index in [4.69, 9.17) is 0 Å². The number of para-hydroxylation sites is 2. The first-order chi connectivity index (χ1) is 8.27. The molecule has 2 aromatic heterocycles. The number of aromatic nitrogens is 4. The number of nitrogens with zero attached hydrogens (tertiary/aromatic N) is 4. The van der Waals surface area contributed by atoms with E-state index in [-0.39, 0.29) is 5.91 Å². The molecule has 0 spiro atoms. The standard InChI is InChI=1S/C12H10N4O/c1-15-7-6-13-11(15)12(17)16-8-14-9-4-2-3-5-10(9)16/h2-8H,1H3. The minimum atomic E-state index is -0.175. The first kappa shape index (κ1) is 9.77. The average molecular weight is 226 g/mol. The smallest absolute Gasteiger partial charge is 0.299 e. The van der Waals surface area contributed by atoms with Gasteiger partial charge < -0.3 is 4.57 Å². The summed E-state index contributed by atoms with van der Waals surface area (Å²) in [6.45, 7) is 0. The molecule has 17 heavy (non-hydrogen) atoms. The average Bonchev–Trinajstić information content (AvgIpc) is 2.94. The predicted molar refractivity (Wildman–Crippen MR) is 62.7 cm³/mol. The van der Waals surface area contributed by atoms with Crippen LogP contribution in [0.25, 0.3) is 11.0 Å². The third-order valence-electron chi connectivity index (χ3n) is 2.68. The van der Waals surface area contributed by atoms with Crippen molar-refractivity contribution in [3.05, 3.63) is 48.8 Å². The summed E-state index contributed by atoms with van der Waals surface area (Å²) in [5.74, 6) is 0.222. The van der Waals surface area contributed by atoms with Gasteiger partial charge >= 0.3 is 0 Å². The van der Waals surface area contributed by atoms with E-state index < -0.39 is 0 Å². The van der Waals surface area contributed by atoms with Gasteiger partial charge in [0.15, 0.2) is 5.82 Å². The summed E-state index contributed by atoms with van der Waals surface area (Å²) in [7, 11) is 1.79. The summed E-state index contributed by atoms with van der Waals surface area (Å²) in [6.07, 6.45) is 4.88. The highest BCUT2D eigenvalue weighted by Crippen LogP contribution is 2.13. The molecule has 0 aliphatic heterocycles. The van der Waals surface area contributed by atoms with Crippen LogP contribution in [0, 0.1) is 0 Å². The molecule has 2 heterocycles. The molecule has 0 amide bonds. The summed E-state index contributed by atoms with van der Waals surface area (Å²) >= 11 is 0. The van der Waals surface area contributed by atoms with E-state index in [1.165, 1.54) is 10.9 Å². The van der Waals surface area contributed by atoms with E-state index in [0.717, 1.165) is 11.0 Å². The zero-order valence-corrected chi connectivity index (χ0v) is 9.24. The van der Waals surface area contributed by atoms with Crippen LogP contribution in [0.3, 0.4) is 0 Å². The molecule has 0 atom stereocenters. The van der Waals surface area contributed by atoms with Gasteiger partial charge in [0.25, 0.3) is 5.91 Å². The lowest BCUT2D eigenvalue weighted by Crippen LogP contribution is -2.15. The Balaban J connectivity index is 2.17. The van der Waals surface area contributed by atoms with E-state index in [0.29, 0.717) is 5.82 Å². The molecule has 0 saturated heterocycles. The number of aryl methyl sites for hydroxylation is 1. The highest BCUT2D eigenvalue weighted by Gasteiger charge is 2.15. The maximum absolute atomic E-state index is 12.2. The molecule has 0 fully saturated rings. The van der Waals surface area contributed by atoms with Crippen molar-refractivity contribution in [2.45, 2.75) is 0 Å². The number of imidazole rings is 2. The summed E-state index contributed by atoms with van der Waals surface area (Å²) in [5, 5.41) is 0. The molecule has 0 radical (unpaired) electrons. The largest absolute Gasteiger partial charge is 0.330 e. The quantitative estimate of drug-likeness (QED) is 0.631. The second-order valence-electron chi connectivity index (χ2n) is 3.77. The summed E-state index contributed by atoms with van der Waals surface area (Å²) in [5.41, 5.74) is 1.59. The lowest BCUT2D eigenvalue weighted by atomic mass is 10.3. The molecule has 0 aliphatic carbocycles. The minimum absolute atomic E-state index is 0.175. The second kappa shape index (κ2) is 3.55. The molecule has 5 heteroatoms. The monoisotopic (exact) mass is 226 g/mol. The number of rotatable bonds is 1. The Morgan fingerprint density at radius 1 is 1.24 bits per heavy atom. The number of carbonyl (C=O) groups is 1. The summed E-state index contributed by atoms with van der Waals surface area (Å²) in [4.78, 5) is 20.5. The second-order valence-corrected chi connectivity index (χ2v) is 3.77. The number of hydrogen-bond donors (Lipinski definition) is 0. The molecule has 84 valence electrons. The Hall–Kier alpha value is -2.43. The Morgan fingerprint density at radius 2 is 2.06 bits per heavy atom. The van der Waals surface area contributed by atoms with E-state index in [2.05, 4.69) is 9.97 Å². The maximum Gasteiger partial charge on any atom is 0.299 e. The van der Waals surface area contributed by atoms with Gasteiger partial charge in [-0.05, 0) is 12.1 Å². The van der Waals surface area contributed by atoms with Gasteiger partial charge in [-0.25, -0.2) is 9.97 Å². The van der Waals surface area contributed by atoms with Gasteiger partial charge in [-0.1, -0.05) is 12.1 Å². The molecular formula is C12H10N4O. The third kappa shape index (κ3) is 1.44. The fourth-order valence-electron chi connectivity index (χ4n) is 1.80. The predicted octanol–water partition coefficient (Wildman–Crippen LogP) is 1.46. The zero-order valence-electron chi connectivity index (χ0n) is 9.24.